The Labute approximate surface area is 89.1 Å². The minimum atomic E-state index is -0.304. The first-order chi connectivity index (χ1) is 7.29. The van der Waals surface area contributed by atoms with Crippen LogP contribution < -0.4 is 5.73 Å². The number of rotatable bonds is 3. The molecule has 1 aliphatic heterocycles. The fourth-order valence-electron chi connectivity index (χ4n) is 2.09. The quantitative estimate of drug-likeness (QED) is 0.790. The number of carbonyl (C=O) groups is 1. The summed E-state index contributed by atoms with van der Waals surface area (Å²) in [4.78, 5) is 17.6. The molecule has 0 unspecified atom stereocenters. The minimum Gasteiger partial charge on any atom is -0.368 e. The number of aromatic nitrogens is 1. The van der Waals surface area contributed by atoms with Crippen LogP contribution in [0.5, 0.6) is 0 Å². The molecule has 15 heavy (non-hydrogen) atoms. The summed E-state index contributed by atoms with van der Waals surface area (Å²) in [6, 6.07) is 3.43. The second kappa shape index (κ2) is 4.40. The standard InChI is InChI=1S/C11H15N3O/c12-11(15)10(14-6-1-2-7-14)9-4-3-5-13-8-9/h3-5,8,10H,1-2,6-7H2,(H2,12,15)/t10-/m0/s1. The average molecular weight is 205 g/mol. The van der Waals surface area contributed by atoms with E-state index in [1.54, 1.807) is 12.4 Å². The van der Waals surface area contributed by atoms with Gasteiger partial charge in [0.25, 0.3) is 0 Å². The average Bonchev–Trinajstić information content (AvgIpc) is 2.72. The van der Waals surface area contributed by atoms with E-state index in [-0.39, 0.29) is 11.9 Å². The zero-order valence-corrected chi connectivity index (χ0v) is 8.60. The largest absolute Gasteiger partial charge is 0.368 e. The first-order valence-electron chi connectivity index (χ1n) is 5.22. The number of nitrogens with two attached hydrogens (primary N) is 1. The van der Waals surface area contributed by atoms with Gasteiger partial charge in [0.1, 0.15) is 6.04 Å². The molecule has 4 heteroatoms. The van der Waals surface area contributed by atoms with Crippen molar-refractivity contribution in [3.63, 3.8) is 0 Å². The third kappa shape index (κ3) is 2.15. The summed E-state index contributed by atoms with van der Waals surface area (Å²) < 4.78 is 0. The Morgan fingerprint density at radius 2 is 2.20 bits per heavy atom. The first-order valence-corrected chi connectivity index (χ1v) is 5.22. The second-order valence-electron chi connectivity index (χ2n) is 3.83. The fraction of sp³-hybridized carbons (Fsp3) is 0.455. The summed E-state index contributed by atoms with van der Waals surface area (Å²) in [5.74, 6) is -0.287. The molecule has 2 rings (SSSR count). The maximum atomic E-state index is 11.4. The number of likely N-dealkylation sites (tertiary alicyclic amines) is 1. The summed E-state index contributed by atoms with van der Waals surface area (Å²) in [6.45, 7) is 1.89. The molecule has 1 aromatic heterocycles. The van der Waals surface area contributed by atoms with Gasteiger partial charge in [0.2, 0.25) is 5.91 Å². The highest BCUT2D eigenvalue weighted by Gasteiger charge is 2.27. The number of pyridine rings is 1. The molecule has 1 fully saturated rings. The molecule has 1 aliphatic rings. The normalized spacial score (nSPS) is 18.9. The lowest BCUT2D eigenvalue weighted by Crippen LogP contribution is -2.36. The van der Waals surface area contributed by atoms with Crippen LogP contribution in [0.4, 0.5) is 0 Å². The van der Waals surface area contributed by atoms with E-state index < -0.39 is 0 Å². The summed E-state index contributed by atoms with van der Waals surface area (Å²) in [5.41, 5.74) is 6.34. The van der Waals surface area contributed by atoms with Crippen molar-refractivity contribution >= 4 is 5.91 Å². The van der Waals surface area contributed by atoms with E-state index in [4.69, 9.17) is 5.73 Å². The van der Waals surface area contributed by atoms with Gasteiger partial charge in [-0.3, -0.25) is 14.7 Å². The molecule has 1 atom stereocenters. The van der Waals surface area contributed by atoms with Crippen LogP contribution in [0.3, 0.4) is 0 Å². The van der Waals surface area contributed by atoms with Crippen LogP contribution in [0.2, 0.25) is 0 Å². The Hall–Kier alpha value is -1.42. The van der Waals surface area contributed by atoms with Gasteiger partial charge in [0, 0.05) is 12.4 Å². The molecule has 1 aromatic rings. The van der Waals surface area contributed by atoms with Gasteiger partial charge in [-0.2, -0.15) is 0 Å². The van der Waals surface area contributed by atoms with E-state index in [1.165, 1.54) is 0 Å². The molecular weight excluding hydrogens is 190 g/mol. The number of primary amides is 1. The van der Waals surface area contributed by atoms with Crippen molar-refractivity contribution < 1.29 is 4.79 Å². The van der Waals surface area contributed by atoms with Crippen molar-refractivity contribution in [1.82, 2.24) is 9.88 Å². The van der Waals surface area contributed by atoms with Crippen LogP contribution in [-0.2, 0) is 4.79 Å². The Morgan fingerprint density at radius 1 is 1.47 bits per heavy atom. The lowest BCUT2D eigenvalue weighted by molar-refractivity contribution is -0.123. The van der Waals surface area contributed by atoms with Crippen LogP contribution in [-0.4, -0.2) is 28.9 Å². The van der Waals surface area contributed by atoms with E-state index in [2.05, 4.69) is 9.88 Å². The molecule has 0 aliphatic carbocycles. The van der Waals surface area contributed by atoms with Crippen molar-refractivity contribution in [1.29, 1.82) is 0 Å². The van der Waals surface area contributed by atoms with Crippen LogP contribution in [0.15, 0.2) is 24.5 Å². The Morgan fingerprint density at radius 3 is 2.73 bits per heavy atom. The van der Waals surface area contributed by atoms with Crippen molar-refractivity contribution in [3.05, 3.63) is 30.1 Å². The Kier molecular flexibility index (Phi) is 2.97. The summed E-state index contributed by atoms with van der Waals surface area (Å²) in [7, 11) is 0. The van der Waals surface area contributed by atoms with Gasteiger partial charge in [-0.05, 0) is 37.6 Å². The minimum absolute atomic E-state index is 0.287. The lowest BCUT2D eigenvalue weighted by atomic mass is 10.1. The highest BCUT2D eigenvalue weighted by molar-refractivity contribution is 5.81. The van der Waals surface area contributed by atoms with Crippen molar-refractivity contribution in [2.45, 2.75) is 18.9 Å². The van der Waals surface area contributed by atoms with E-state index >= 15 is 0 Å². The molecule has 0 saturated carbocycles. The molecule has 1 saturated heterocycles. The number of nitrogens with zero attached hydrogens (tertiary/aromatic N) is 2. The molecule has 2 N–H and O–H groups in total. The smallest absolute Gasteiger partial charge is 0.239 e. The number of hydrogen-bond acceptors (Lipinski definition) is 3. The molecule has 80 valence electrons. The molecule has 0 spiro atoms. The van der Waals surface area contributed by atoms with Crippen LogP contribution in [0, 0.1) is 0 Å². The monoisotopic (exact) mass is 205 g/mol. The number of amides is 1. The van der Waals surface area contributed by atoms with Gasteiger partial charge >= 0.3 is 0 Å². The fourth-order valence-corrected chi connectivity index (χ4v) is 2.09. The van der Waals surface area contributed by atoms with Crippen molar-refractivity contribution in [2.75, 3.05) is 13.1 Å². The zero-order chi connectivity index (χ0) is 10.7. The SMILES string of the molecule is NC(=O)[C@H](c1cccnc1)N1CCCC1. The van der Waals surface area contributed by atoms with Gasteiger partial charge in [0.05, 0.1) is 0 Å². The van der Waals surface area contributed by atoms with Crippen LogP contribution in [0.1, 0.15) is 24.4 Å². The van der Waals surface area contributed by atoms with Gasteiger partial charge < -0.3 is 5.73 Å². The molecule has 0 bridgehead atoms. The first kappa shape index (κ1) is 10.1. The molecular formula is C11H15N3O. The van der Waals surface area contributed by atoms with Crippen LogP contribution >= 0.6 is 0 Å². The second-order valence-corrected chi connectivity index (χ2v) is 3.83. The Balaban J connectivity index is 2.23. The van der Waals surface area contributed by atoms with Crippen molar-refractivity contribution in [2.24, 2.45) is 5.73 Å². The molecule has 4 nitrogen and oxygen atoms in total. The molecule has 1 amide bonds. The predicted molar refractivity (Wildman–Crippen MR) is 57.0 cm³/mol. The highest BCUT2D eigenvalue weighted by Crippen LogP contribution is 2.23. The Bertz CT molecular complexity index is 333. The summed E-state index contributed by atoms with van der Waals surface area (Å²) >= 11 is 0. The molecule has 0 radical (unpaired) electrons. The van der Waals surface area contributed by atoms with Gasteiger partial charge in [0.15, 0.2) is 0 Å². The maximum Gasteiger partial charge on any atom is 0.239 e. The van der Waals surface area contributed by atoms with Gasteiger partial charge in [-0.15, -0.1) is 0 Å². The predicted octanol–water partition coefficient (Wildman–Crippen LogP) is 0.704. The van der Waals surface area contributed by atoms with E-state index in [0.717, 1.165) is 31.5 Å². The van der Waals surface area contributed by atoms with E-state index in [0.29, 0.717) is 0 Å². The highest BCUT2D eigenvalue weighted by atomic mass is 16.1. The molecule has 0 aromatic carbocycles. The van der Waals surface area contributed by atoms with Gasteiger partial charge in [-0.25, -0.2) is 0 Å². The third-order valence-corrected chi connectivity index (χ3v) is 2.78. The number of hydrogen-bond donors (Lipinski definition) is 1. The zero-order valence-electron chi connectivity index (χ0n) is 8.60. The third-order valence-electron chi connectivity index (χ3n) is 2.78. The van der Waals surface area contributed by atoms with Crippen molar-refractivity contribution in [3.8, 4) is 0 Å². The maximum absolute atomic E-state index is 11.4. The summed E-state index contributed by atoms with van der Waals surface area (Å²) in [5, 5.41) is 0. The lowest BCUT2D eigenvalue weighted by Gasteiger charge is -2.24. The van der Waals surface area contributed by atoms with Crippen LogP contribution in [0.25, 0.3) is 0 Å². The van der Waals surface area contributed by atoms with Gasteiger partial charge in [-0.1, -0.05) is 6.07 Å². The molecule has 2 heterocycles. The topological polar surface area (TPSA) is 59.2 Å². The number of carbonyl (C=O) groups excluding carboxylic acids is 1. The summed E-state index contributed by atoms with van der Waals surface area (Å²) in [6.07, 6.45) is 5.70. The van der Waals surface area contributed by atoms with E-state index in [1.807, 2.05) is 12.1 Å². The van der Waals surface area contributed by atoms with E-state index in [9.17, 15) is 4.79 Å².